The molecule has 0 unspecified atom stereocenters. The van der Waals surface area contributed by atoms with Gasteiger partial charge in [0, 0.05) is 22.4 Å². The maximum absolute atomic E-state index is 12.4. The van der Waals surface area contributed by atoms with E-state index in [1.165, 1.54) is 25.7 Å². The second-order valence-corrected chi connectivity index (χ2v) is 6.98. The van der Waals surface area contributed by atoms with E-state index in [9.17, 15) is 4.79 Å². The molecule has 1 aromatic heterocycles. The Morgan fingerprint density at radius 3 is 2.46 bits per heavy atom. The minimum absolute atomic E-state index is 0.122. The lowest BCUT2D eigenvalue weighted by molar-refractivity contribution is 0.0928. The molecule has 1 saturated carbocycles. The molecule has 1 aromatic carbocycles. The molecule has 1 aliphatic rings. The number of hydrogen-bond donors (Lipinski definition) is 2. The maximum atomic E-state index is 12.4. The van der Waals surface area contributed by atoms with Gasteiger partial charge in [-0.2, -0.15) is 0 Å². The smallest absolute Gasteiger partial charge is 0.270 e. The van der Waals surface area contributed by atoms with Crippen molar-refractivity contribution >= 4 is 33.5 Å². The van der Waals surface area contributed by atoms with E-state index in [-0.39, 0.29) is 11.9 Å². The van der Waals surface area contributed by atoms with Crippen molar-refractivity contribution in [1.82, 2.24) is 15.3 Å². The van der Waals surface area contributed by atoms with Gasteiger partial charge in [-0.05, 0) is 43.2 Å². The van der Waals surface area contributed by atoms with Gasteiger partial charge in [0.2, 0.25) is 5.95 Å². The van der Waals surface area contributed by atoms with Gasteiger partial charge in [-0.3, -0.25) is 4.79 Å². The van der Waals surface area contributed by atoms with E-state index in [2.05, 4.69) is 36.5 Å². The molecule has 5 nitrogen and oxygen atoms in total. The zero-order valence-corrected chi connectivity index (χ0v) is 15.1. The second-order valence-electron chi connectivity index (χ2n) is 6.06. The van der Waals surface area contributed by atoms with E-state index in [1.54, 1.807) is 12.3 Å². The zero-order chi connectivity index (χ0) is 16.8. The van der Waals surface area contributed by atoms with Crippen LogP contribution in [0.5, 0.6) is 0 Å². The quantitative estimate of drug-likeness (QED) is 0.759. The van der Waals surface area contributed by atoms with Gasteiger partial charge in [-0.1, -0.05) is 41.6 Å². The molecule has 0 saturated heterocycles. The summed E-state index contributed by atoms with van der Waals surface area (Å²) in [5, 5.41) is 6.23. The van der Waals surface area contributed by atoms with E-state index < -0.39 is 0 Å². The summed E-state index contributed by atoms with van der Waals surface area (Å²) in [6, 6.07) is 9.63. The van der Waals surface area contributed by atoms with Gasteiger partial charge in [0.25, 0.3) is 5.91 Å². The molecule has 24 heavy (non-hydrogen) atoms. The van der Waals surface area contributed by atoms with Crippen LogP contribution in [-0.4, -0.2) is 21.9 Å². The fraction of sp³-hybridized carbons (Fsp3) is 0.389. The Labute approximate surface area is 150 Å². The van der Waals surface area contributed by atoms with Gasteiger partial charge in [-0.15, -0.1) is 0 Å². The van der Waals surface area contributed by atoms with Crippen LogP contribution in [0.15, 0.2) is 41.0 Å². The predicted octanol–water partition coefficient (Wildman–Crippen LogP) is 4.44. The standard InChI is InChI=1S/C18H21BrN4O/c19-13-7-9-15(10-8-13)22-18-20-12-11-16(23-18)17(24)21-14-5-3-1-2-4-6-14/h7-12,14H,1-6H2,(H,21,24)(H,20,22,23). The Morgan fingerprint density at radius 2 is 1.75 bits per heavy atom. The first kappa shape index (κ1) is 16.9. The Kier molecular flexibility index (Phi) is 5.80. The van der Waals surface area contributed by atoms with Crippen LogP contribution in [0.3, 0.4) is 0 Å². The first-order valence-electron chi connectivity index (χ1n) is 8.37. The van der Waals surface area contributed by atoms with Gasteiger partial charge in [0.05, 0.1) is 0 Å². The molecule has 0 atom stereocenters. The third-order valence-electron chi connectivity index (χ3n) is 4.18. The molecule has 126 valence electrons. The summed E-state index contributed by atoms with van der Waals surface area (Å²) in [5.74, 6) is 0.300. The summed E-state index contributed by atoms with van der Waals surface area (Å²) < 4.78 is 1.01. The van der Waals surface area contributed by atoms with Crippen molar-refractivity contribution in [2.45, 2.75) is 44.6 Å². The highest BCUT2D eigenvalue weighted by molar-refractivity contribution is 9.10. The first-order chi connectivity index (χ1) is 11.7. The average Bonchev–Trinajstić information content (AvgIpc) is 2.86. The van der Waals surface area contributed by atoms with Gasteiger partial charge in [-0.25, -0.2) is 9.97 Å². The number of carbonyl (C=O) groups is 1. The highest BCUT2D eigenvalue weighted by Gasteiger charge is 2.17. The molecular formula is C18H21BrN4O. The molecule has 0 aliphatic heterocycles. The van der Waals surface area contributed by atoms with E-state index in [1.807, 2.05) is 24.3 Å². The van der Waals surface area contributed by atoms with Gasteiger partial charge < -0.3 is 10.6 Å². The fourth-order valence-corrected chi connectivity index (χ4v) is 3.16. The predicted molar refractivity (Wildman–Crippen MR) is 98.4 cm³/mol. The van der Waals surface area contributed by atoms with Crippen molar-refractivity contribution in [2.24, 2.45) is 0 Å². The molecule has 1 fully saturated rings. The lowest BCUT2D eigenvalue weighted by Gasteiger charge is -2.16. The van der Waals surface area contributed by atoms with E-state index in [0.29, 0.717) is 11.6 Å². The van der Waals surface area contributed by atoms with Gasteiger partial charge in [0.15, 0.2) is 0 Å². The van der Waals surface area contributed by atoms with Crippen LogP contribution in [0.25, 0.3) is 0 Å². The number of benzene rings is 1. The monoisotopic (exact) mass is 388 g/mol. The number of anilines is 2. The Hall–Kier alpha value is -1.95. The second kappa shape index (κ2) is 8.24. The van der Waals surface area contributed by atoms with E-state index in [4.69, 9.17) is 0 Å². The summed E-state index contributed by atoms with van der Waals surface area (Å²) in [5.41, 5.74) is 1.27. The van der Waals surface area contributed by atoms with Crippen molar-refractivity contribution in [2.75, 3.05) is 5.32 Å². The molecule has 3 rings (SSSR count). The Balaban J connectivity index is 1.65. The number of halogens is 1. The SMILES string of the molecule is O=C(NC1CCCCCC1)c1ccnc(Nc2ccc(Br)cc2)n1. The molecule has 2 aromatic rings. The Bertz CT molecular complexity index is 682. The fourth-order valence-electron chi connectivity index (χ4n) is 2.89. The molecule has 0 radical (unpaired) electrons. The third-order valence-corrected chi connectivity index (χ3v) is 4.71. The van der Waals surface area contributed by atoms with E-state index in [0.717, 1.165) is 23.0 Å². The van der Waals surface area contributed by atoms with Crippen LogP contribution in [0.2, 0.25) is 0 Å². The number of carbonyl (C=O) groups excluding carboxylic acids is 1. The molecule has 2 N–H and O–H groups in total. The Morgan fingerprint density at radius 1 is 1.04 bits per heavy atom. The van der Waals surface area contributed by atoms with Crippen molar-refractivity contribution in [1.29, 1.82) is 0 Å². The molecule has 1 aliphatic carbocycles. The number of nitrogens with zero attached hydrogens (tertiary/aromatic N) is 2. The highest BCUT2D eigenvalue weighted by Crippen LogP contribution is 2.19. The van der Waals surface area contributed by atoms with Gasteiger partial charge in [0.1, 0.15) is 5.69 Å². The van der Waals surface area contributed by atoms with Crippen molar-refractivity contribution in [3.63, 3.8) is 0 Å². The number of nitrogens with one attached hydrogen (secondary N) is 2. The molecular weight excluding hydrogens is 368 g/mol. The molecule has 0 spiro atoms. The van der Waals surface area contributed by atoms with Crippen molar-refractivity contribution in [3.8, 4) is 0 Å². The topological polar surface area (TPSA) is 66.9 Å². The molecule has 0 bridgehead atoms. The van der Waals surface area contributed by atoms with Gasteiger partial charge >= 0.3 is 0 Å². The minimum Gasteiger partial charge on any atom is -0.348 e. The number of hydrogen-bond acceptors (Lipinski definition) is 4. The zero-order valence-electron chi connectivity index (χ0n) is 13.5. The number of rotatable bonds is 4. The molecule has 6 heteroatoms. The minimum atomic E-state index is -0.122. The number of amides is 1. The van der Waals surface area contributed by atoms with Crippen LogP contribution in [-0.2, 0) is 0 Å². The lowest BCUT2D eigenvalue weighted by atomic mass is 10.1. The largest absolute Gasteiger partial charge is 0.348 e. The van der Waals surface area contributed by atoms with Crippen LogP contribution >= 0.6 is 15.9 Å². The summed E-state index contributed by atoms with van der Waals surface area (Å²) in [7, 11) is 0. The molecule has 1 amide bonds. The van der Waals surface area contributed by atoms with Crippen LogP contribution < -0.4 is 10.6 Å². The lowest BCUT2D eigenvalue weighted by Crippen LogP contribution is -2.35. The summed E-state index contributed by atoms with van der Waals surface area (Å²) in [6.07, 6.45) is 8.62. The summed E-state index contributed by atoms with van der Waals surface area (Å²) >= 11 is 3.40. The average molecular weight is 389 g/mol. The van der Waals surface area contributed by atoms with E-state index >= 15 is 0 Å². The van der Waals surface area contributed by atoms with Crippen LogP contribution in [0.1, 0.15) is 49.0 Å². The molecule has 1 heterocycles. The van der Waals surface area contributed by atoms with Crippen LogP contribution in [0, 0.1) is 0 Å². The third kappa shape index (κ3) is 4.77. The van der Waals surface area contributed by atoms with Crippen molar-refractivity contribution in [3.05, 3.63) is 46.7 Å². The van der Waals surface area contributed by atoms with Crippen LogP contribution in [0.4, 0.5) is 11.6 Å². The summed E-state index contributed by atoms with van der Waals surface area (Å²) in [4.78, 5) is 21.0. The number of aromatic nitrogens is 2. The normalized spacial score (nSPS) is 15.5. The maximum Gasteiger partial charge on any atom is 0.270 e. The van der Waals surface area contributed by atoms with Crippen molar-refractivity contribution < 1.29 is 4.79 Å². The first-order valence-corrected chi connectivity index (χ1v) is 9.16. The summed E-state index contributed by atoms with van der Waals surface area (Å²) in [6.45, 7) is 0. The highest BCUT2D eigenvalue weighted by atomic mass is 79.9.